The van der Waals surface area contributed by atoms with Crippen molar-refractivity contribution in [1.29, 1.82) is 0 Å². The molecule has 1 aromatic heterocycles. The highest BCUT2D eigenvalue weighted by Gasteiger charge is 2.43. The number of rotatable bonds is 5. The first kappa shape index (κ1) is 19.7. The first-order chi connectivity index (χ1) is 13.1. The van der Waals surface area contributed by atoms with Gasteiger partial charge in [0.05, 0.1) is 6.26 Å². The molecule has 0 atom stereocenters. The van der Waals surface area contributed by atoms with Crippen LogP contribution < -0.4 is 5.32 Å². The number of nitrogens with zero attached hydrogens (tertiary/aromatic N) is 2. The summed E-state index contributed by atoms with van der Waals surface area (Å²) in [5.74, 6) is 0.836. The third-order valence-corrected chi connectivity index (χ3v) is 5.52. The third-order valence-electron chi connectivity index (χ3n) is 5.52. The topological polar surface area (TPSA) is 84.3 Å². The Labute approximate surface area is 159 Å². The lowest BCUT2D eigenvalue weighted by molar-refractivity contribution is -0.145. The van der Waals surface area contributed by atoms with Gasteiger partial charge >= 0.3 is 6.03 Å². The number of nitrogens with one attached hydrogen (secondary N) is 1. The maximum absolute atomic E-state index is 12.6. The minimum absolute atomic E-state index is 0.0144. The van der Waals surface area contributed by atoms with E-state index < -0.39 is 0 Å². The van der Waals surface area contributed by atoms with Crippen molar-refractivity contribution in [2.24, 2.45) is 0 Å². The quantitative estimate of drug-likeness (QED) is 0.833. The molecule has 150 valence electrons. The normalized spacial score (nSPS) is 19.7. The van der Waals surface area contributed by atoms with Gasteiger partial charge in [0.25, 0.3) is 0 Å². The lowest BCUT2D eigenvalue weighted by Crippen LogP contribution is -2.55. The van der Waals surface area contributed by atoms with Crippen LogP contribution in [0.5, 0.6) is 0 Å². The minimum Gasteiger partial charge on any atom is -0.469 e. The molecular formula is C19H29N3O5. The molecule has 2 saturated heterocycles. The molecule has 1 N–H and O–H groups in total. The van der Waals surface area contributed by atoms with E-state index in [4.69, 9.17) is 13.9 Å². The molecule has 2 aliphatic heterocycles. The second kappa shape index (κ2) is 9.23. The first-order valence-corrected chi connectivity index (χ1v) is 9.57. The van der Waals surface area contributed by atoms with Crippen LogP contribution in [0.1, 0.15) is 25.0 Å². The maximum atomic E-state index is 12.6. The number of ether oxygens (including phenoxy) is 2. The molecule has 2 aliphatic rings. The lowest BCUT2D eigenvalue weighted by Gasteiger charge is -2.45. The molecule has 2 fully saturated rings. The molecule has 0 aliphatic carbocycles. The van der Waals surface area contributed by atoms with Gasteiger partial charge < -0.3 is 29.0 Å². The van der Waals surface area contributed by atoms with E-state index in [9.17, 15) is 9.59 Å². The van der Waals surface area contributed by atoms with Crippen molar-refractivity contribution in [3.8, 4) is 0 Å². The molecule has 3 rings (SSSR count). The van der Waals surface area contributed by atoms with Crippen molar-refractivity contribution in [3.05, 3.63) is 24.2 Å². The molecule has 8 heteroatoms. The van der Waals surface area contributed by atoms with E-state index in [1.807, 2.05) is 17.0 Å². The summed E-state index contributed by atoms with van der Waals surface area (Å²) in [5.41, 5.74) is -0.239. The minimum atomic E-state index is -0.239. The van der Waals surface area contributed by atoms with E-state index in [0.29, 0.717) is 45.8 Å². The van der Waals surface area contributed by atoms with E-state index in [2.05, 4.69) is 5.32 Å². The number of urea groups is 1. The molecule has 27 heavy (non-hydrogen) atoms. The zero-order chi connectivity index (χ0) is 19.1. The Balaban J connectivity index is 1.59. The largest absolute Gasteiger partial charge is 0.469 e. The Hall–Kier alpha value is -2.06. The molecule has 0 saturated carbocycles. The van der Waals surface area contributed by atoms with Crippen molar-refractivity contribution in [3.63, 3.8) is 0 Å². The van der Waals surface area contributed by atoms with Crippen LogP contribution in [0.15, 0.2) is 22.8 Å². The Morgan fingerprint density at radius 2 is 2.04 bits per heavy atom. The third kappa shape index (κ3) is 4.81. The van der Waals surface area contributed by atoms with Gasteiger partial charge in [-0.25, -0.2) is 4.79 Å². The monoisotopic (exact) mass is 379 g/mol. The molecule has 0 unspecified atom stereocenters. The van der Waals surface area contributed by atoms with Gasteiger partial charge in [0.15, 0.2) is 0 Å². The van der Waals surface area contributed by atoms with Crippen LogP contribution in [-0.2, 0) is 20.7 Å². The number of hydrogen-bond donors (Lipinski definition) is 1. The van der Waals surface area contributed by atoms with Crippen molar-refractivity contribution in [2.75, 3.05) is 53.1 Å². The molecule has 8 nitrogen and oxygen atoms in total. The van der Waals surface area contributed by atoms with E-state index in [1.54, 1.807) is 11.2 Å². The highest BCUT2D eigenvalue weighted by molar-refractivity contribution is 5.79. The van der Waals surface area contributed by atoms with E-state index in [0.717, 1.165) is 25.0 Å². The van der Waals surface area contributed by atoms with Crippen molar-refractivity contribution >= 4 is 11.9 Å². The number of hydrogen-bond acceptors (Lipinski definition) is 5. The molecule has 1 spiro atoms. The zero-order valence-electron chi connectivity index (χ0n) is 15.9. The van der Waals surface area contributed by atoms with Crippen molar-refractivity contribution in [2.45, 2.75) is 31.2 Å². The van der Waals surface area contributed by atoms with Crippen molar-refractivity contribution in [1.82, 2.24) is 15.1 Å². The summed E-state index contributed by atoms with van der Waals surface area (Å²) >= 11 is 0. The van der Waals surface area contributed by atoms with Gasteiger partial charge in [-0.3, -0.25) is 4.79 Å². The van der Waals surface area contributed by atoms with Crippen LogP contribution in [0, 0.1) is 0 Å². The Morgan fingerprint density at radius 1 is 1.22 bits per heavy atom. The van der Waals surface area contributed by atoms with E-state index in [1.165, 1.54) is 7.11 Å². The van der Waals surface area contributed by atoms with Crippen LogP contribution in [0.4, 0.5) is 4.79 Å². The molecule has 3 amide bonds. The van der Waals surface area contributed by atoms with Crippen molar-refractivity contribution < 1.29 is 23.5 Å². The summed E-state index contributed by atoms with van der Waals surface area (Å²) in [4.78, 5) is 28.9. The standard InChI is InChI=1S/C19H29N3O5/c1-25-15-17(23)22-11-10-21(9-5-19(22)6-13-26-14-7-19)18(24)20-8-4-16-3-2-12-27-16/h2-3,12H,4-11,13-15H2,1H3,(H,20,24). The fourth-order valence-corrected chi connectivity index (χ4v) is 3.97. The van der Waals surface area contributed by atoms with Crippen LogP contribution in [0.3, 0.4) is 0 Å². The van der Waals surface area contributed by atoms with Gasteiger partial charge in [-0.2, -0.15) is 0 Å². The molecular weight excluding hydrogens is 350 g/mol. The molecule has 3 heterocycles. The Morgan fingerprint density at radius 3 is 2.74 bits per heavy atom. The second-order valence-electron chi connectivity index (χ2n) is 7.11. The van der Waals surface area contributed by atoms with Crippen LogP contribution >= 0.6 is 0 Å². The highest BCUT2D eigenvalue weighted by Crippen LogP contribution is 2.33. The predicted molar refractivity (Wildman–Crippen MR) is 98.4 cm³/mol. The summed E-state index contributed by atoms with van der Waals surface area (Å²) in [6, 6.07) is 3.64. The summed E-state index contributed by atoms with van der Waals surface area (Å²) in [7, 11) is 1.53. The molecule has 0 radical (unpaired) electrons. The summed E-state index contributed by atoms with van der Waals surface area (Å²) in [6.45, 7) is 3.55. The van der Waals surface area contributed by atoms with Gasteiger partial charge in [-0.05, 0) is 31.4 Å². The van der Waals surface area contributed by atoms with Gasteiger partial charge in [-0.15, -0.1) is 0 Å². The number of methoxy groups -OCH3 is 1. The first-order valence-electron chi connectivity index (χ1n) is 9.57. The Bertz CT molecular complexity index is 613. The van der Waals surface area contributed by atoms with E-state index in [-0.39, 0.29) is 24.1 Å². The number of amides is 3. The second-order valence-corrected chi connectivity index (χ2v) is 7.11. The van der Waals surface area contributed by atoms with E-state index >= 15 is 0 Å². The van der Waals surface area contributed by atoms with Gasteiger partial charge in [0.2, 0.25) is 5.91 Å². The number of furan rings is 1. The Kier molecular flexibility index (Phi) is 6.73. The average Bonchev–Trinajstić information content (AvgIpc) is 3.12. The number of carbonyl (C=O) groups is 2. The molecule has 1 aromatic rings. The molecule has 0 aromatic carbocycles. The predicted octanol–water partition coefficient (Wildman–Crippen LogP) is 1.26. The van der Waals surface area contributed by atoms with Gasteiger partial charge in [-0.1, -0.05) is 0 Å². The SMILES string of the molecule is COCC(=O)N1CCN(C(=O)NCCc2ccco2)CCC12CCOCC2. The fraction of sp³-hybridized carbons (Fsp3) is 0.684. The van der Waals surface area contributed by atoms with Crippen LogP contribution in [0.25, 0.3) is 0 Å². The van der Waals surface area contributed by atoms with Gasteiger partial charge in [0, 0.05) is 58.5 Å². The van der Waals surface area contributed by atoms with Crippen LogP contribution in [-0.4, -0.2) is 80.4 Å². The fourth-order valence-electron chi connectivity index (χ4n) is 3.97. The summed E-state index contributed by atoms with van der Waals surface area (Å²) in [5, 5.41) is 2.95. The molecule has 0 bridgehead atoms. The highest BCUT2D eigenvalue weighted by atomic mass is 16.5. The van der Waals surface area contributed by atoms with Crippen LogP contribution in [0.2, 0.25) is 0 Å². The summed E-state index contributed by atoms with van der Waals surface area (Å²) < 4.78 is 15.9. The lowest BCUT2D eigenvalue weighted by atomic mass is 9.84. The zero-order valence-corrected chi connectivity index (χ0v) is 15.9. The maximum Gasteiger partial charge on any atom is 0.317 e. The summed E-state index contributed by atoms with van der Waals surface area (Å²) in [6.07, 6.45) is 4.65. The number of carbonyl (C=O) groups excluding carboxylic acids is 2. The van der Waals surface area contributed by atoms with Gasteiger partial charge in [0.1, 0.15) is 12.4 Å². The average molecular weight is 379 g/mol. The smallest absolute Gasteiger partial charge is 0.317 e.